The number of rotatable bonds is 70. The highest BCUT2D eigenvalue weighted by atomic mass is 16.5. The van der Waals surface area contributed by atoms with Gasteiger partial charge in [0.2, 0.25) is 5.75 Å². The Morgan fingerprint density at radius 3 is 0.481 bits per heavy atom. The highest BCUT2D eigenvalue weighted by Crippen LogP contribution is 2.42. The highest BCUT2D eigenvalue weighted by molar-refractivity contribution is 5.55. The minimum absolute atomic E-state index is 0.0259. The number of benzene rings is 12. The van der Waals surface area contributed by atoms with E-state index in [0.717, 1.165) is 158 Å². The van der Waals surface area contributed by atoms with Gasteiger partial charge in [0.1, 0.15) is 136 Å². The molecule has 1 N–H and O–H groups in total. The van der Waals surface area contributed by atoms with Crippen LogP contribution >= 0.6 is 0 Å². The zero-order valence-corrected chi connectivity index (χ0v) is 80.5. The van der Waals surface area contributed by atoms with E-state index in [0.29, 0.717) is 75.0 Å². The number of unbranched alkanes of at least 4 members (excludes halogenated alkanes) is 27. The predicted molar refractivity (Wildman–Crippen MR) is 543 cm³/mol. The molecular formula is C120H146O15. The van der Waals surface area contributed by atoms with Crippen LogP contribution in [0.3, 0.4) is 0 Å². The average Bonchev–Trinajstić information content (AvgIpc) is 0.809. The molecule has 0 aliphatic carbocycles. The van der Waals surface area contributed by atoms with Crippen molar-refractivity contribution >= 4 is 0 Å². The van der Waals surface area contributed by atoms with Gasteiger partial charge in [-0.05, 0) is 232 Å². The molecule has 135 heavy (non-hydrogen) atoms. The summed E-state index contributed by atoms with van der Waals surface area (Å²) in [6.45, 7) is 12.7. The van der Waals surface area contributed by atoms with Gasteiger partial charge in [-0.25, -0.2) is 0 Å². The van der Waals surface area contributed by atoms with Crippen molar-refractivity contribution in [3.63, 3.8) is 0 Å². The Kier molecular flexibility index (Phi) is 45.9. The van der Waals surface area contributed by atoms with E-state index in [1.165, 1.54) is 173 Å². The molecule has 0 unspecified atom stereocenters. The van der Waals surface area contributed by atoms with Crippen LogP contribution in [0.1, 0.15) is 280 Å². The van der Waals surface area contributed by atoms with E-state index < -0.39 is 0 Å². The third kappa shape index (κ3) is 39.7. The predicted octanol–water partition coefficient (Wildman–Crippen LogP) is 31.4. The molecule has 0 fully saturated rings. The third-order valence-corrected chi connectivity index (χ3v) is 24.1. The monoisotopic (exact) mass is 1830 g/mol. The average molecular weight is 1830 g/mol. The number of ether oxygens (including phenoxy) is 14. The highest BCUT2D eigenvalue weighted by Gasteiger charge is 2.20. The standard InChI is InChI=1S/C120H146O15/c1-4-7-10-13-16-19-22-25-28-31-78-122-107-58-36-96(37-59-107)84-126-111-64-42-99(43-65-111)88-129-114-72-50-103(51-73-114)91-133-118-81-106(94-132-117-70-48-102(49-71-117)87-125-110-56-34-95(83-121)35-57-110)82-119(134-92-104-52-74-115(75-53-104)130-89-100-44-66-112(67-45-100)127-85-97-38-60-108(61-39-97)123-79-32-29-26-23-20-17-14-11-8-5-2)120(118)135-93-105-54-76-116(77-55-105)131-90-101-46-68-113(69-47-101)128-86-98-40-62-109(63-41-98)124-80-33-30-27-24-21-18-15-12-9-6-3/h34-77,81-82,121H,4-33,78-80,83-94H2,1-3H3. The van der Waals surface area contributed by atoms with Gasteiger partial charge in [0.25, 0.3) is 0 Å². The van der Waals surface area contributed by atoms with Crippen molar-refractivity contribution in [1.29, 1.82) is 0 Å². The Hall–Kier alpha value is -12.2. The molecule has 0 saturated heterocycles. The lowest BCUT2D eigenvalue weighted by Crippen LogP contribution is -2.06. The van der Waals surface area contributed by atoms with Crippen LogP contribution in [0.15, 0.2) is 279 Å². The summed E-state index contributed by atoms with van der Waals surface area (Å²) >= 11 is 0. The van der Waals surface area contributed by atoms with Gasteiger partial charge in [0.05, 0.1) is 26.4 Å². The first kappa shape index (κ1) is 102. The molecular weight excluding hydrogens is 1680 g/mol. The normalized spacial score (nSPS) is 11.1. The molecule has 0 aromatic heterocycles. The largest absolute Gasteiger partial charge is 0.494 e. The summed E-state index contributed by atoms with van der Waals surface area (Å²) in [5, 5.41) is 9.56. The SMILES string of the molecule is CCCCCCCCCCCCOc1ccc(COc2ccc(COc3ccc(COc4cc(COc5ccc(COc6ccc(CO)cc6)cc5)cc(OCc5ccc(OCc6ccc(OCc7ccc(OCCCCCCCCCCCC)cc7)cc6)cc5)c4OCc4ccc(OCc5ccc(OCc6ccc(OCCCCCCCCCCCC)cc6)cc5)cc4)cc3)cc2)cc1. The topological polar surface area (TPSA) is 149 Å². The van der Waals surface area contributed by atoms with Crippen LogP contribution in [-0.4, -0.2) is 24.9 Å². The zero-order valence-electron chi connectivity index (χ0n) is 80.5. The van der Waals surface area contributed by atoms with Crippen molar-refractivity contribution in [2.24, 2.45) is 0 Å². The molecule has 0 spiro atoms. The van der Waals surface area contributed by atoms with E-state index in [4.69, 9.17) is 66.3 Å². The van der Waals surface area contributed by atoms with Crippen molar-refractivity contribution in [3.8, 4) is 80.5 Å². The van der Waals surface area contributed by atoms with E-state index in [1.807, 2.05) is 243 Å². The van der Waals surface area contributed by atoms with Crippen LogP contribution in [-0.2, 0) is 79.3 Å². The summed E-state index contributed by atoms with van der Waals surface area (Å²) in [4.78, 5) is 0. The first-order chi connectivity index (χ1) is 66.7. The van der Waals surface area contributed by atoms with Gasteiger partial charge in [-0.1, -0.05) is 328 Å². The van der Waals surface area contributed by atoms with Gasteiger partial charge in [-0.3, -0.25) is 0 Å². The molecule has 716 valence electrons. The van der Waals surface area contributed by atoms with E-state index in [1.54, 1.807) is 0 Å². The summed E-state index contributed by atoms with van der Waals surface area (Å²) in [6.07, 6.45) is 39.2. The van der Waals surface area contributed by atoms with Crippen LogP contribution in [0.25, 0.3) is 0 Å². The van der Waals surface area contributed by atoms with Gasteiger partial charge >= 0.3 is 0 Å². The molecule has 0 saturated carbocycles. The molecule has 12 aromatic carbocycles. The third-order valence-electron chi connectivity index (χ3n) is 24.1. The fourth-order valence-corrected chi connectivity index (χ4v) is 15.7. The second-order valence-electron chi connectivity index (χ2n) is 35.4. The van der Waals surface area contributed by atoms with Crippen LogP contribution in [0.4, 0.5) is 0 Å². The Morgan fingerprint density at radius 1 is 0.148 bits per heavy atom. The van der Waals surface area contributed by atoms with E-state index in [-0.39, 0.29) is 33.0 Å². The molecule has 15 nitrogen and oxygen atoms in total. The molecule has 0 amide bonds. The summed E-state index contributed by atoms with van der Waals surface area (Å²) in [5.41, 5.74) is 11.6. The number of hydrogen-bond acceptors (Lipinski definition) is 15. The molecule has 0 radical (unpaired) electrons. The Morgan fingerprint density at radius 2 is 0.296 bits per heavy atom. The molecule has 0 heterocycles. The Balaban J connectivity index is 0.662. The van der Waals surface area contributed by atoms with Crippen LogP contribution in [0, 0.1) is 0 Å². The van der Waals surface area contributed by atoms with Crippen molar-refractivity contribution in [2.45, 2.75) is 293 Å². The molecule has 0 bridgehead atoms. The lowest BCUT2D eigenvalue weighted by molar-refractivity contribution is 0.227. The van der Waals surface area contributed by atoms with Crippen LogP contribution in [0.2, 0.25) is 0 Å². The maximum absolute atomic E-state index is 9.56. The second-order valence-corrected chi connectivity index (χ2v) is 35.4. The zero-order chi connectivity index (χ0) is 93.3. The fraction of sp³-hybridized carbons (Fsp3) is 0.400. The minimum Gasteiger partial charge on any atom is -0.494 e. The summed E-state index contributed by atoms with van der Waals surface area (Å²) in [5.74, 6) is 9.94. The number of aliphatic hydroxyl groups excluding tert-OH is 1. The molecule has 0 aliphatic rings. The van der Waals surface area contributed by atoms with Gasteiger partial charge in [-0.2, -0.15) is 0 Å². The Labute approximate surface area is 805 Å². The molecule has 0 atom stereocenters. The van der Waals surface area contributed by atoms with Gasteiger partial charge in [0, 0.05) is 0 Å². The first-order valence-electron chi connectivity index (χ1n) is 50.3. The van der Waals surface area contributed by atoms with Gasteiger partial charge in [-0.15, -0.1) is 0 Å². The molecule has 15 heteroatoms. The van der Waals surface area contributed by atoms with Crippen molar-refractivity contribution in [3.05, 3.63) is 346 Å². The first-order valence-corrected chi connectivity index (χ1v) is 50.3. The van der Waals surface area contributed by atoms with Gasteiger partial charge < -0.3 is 71.4 Å². The molecule has 12 aromatic rings. The van der Waals surface area contributed by atoms with E-state index in [2.05, 4.69) is 57.2 Å². The molecule has 0 aliphatic heterocycles. The second kappa shape index (κ2) is 60.9. The summed E-state index contributed by atoms with van der Waals surface area (Å²) in [6, 6.07) is 91.8. The quantitative estimate of drug-likeness (QED) is 0.0360. The number of hydrogen-bond donors (Lipinski definition) is 1. The van der Waals surface area contributed by atoms with Crippen molar-refractivity contribution < 1.29 is 71.4 Å². The molecule has 12 rings (SSSR count). The van der Waals surface area contributed by atoms with Gasteiger partial charge in [0.15, 0.2) is 11.5 Å². The van der Waals surface area contributed by atoms with E-state index in [9.17, 15) is 5.11 Å². The summed E-state index contributed by atoms with van der Waals surface area (Å²) < 4.78 is 89.1. The summed E-state index contributed by atoms with van der Waals surface area (Å²) in [7, 11) is 0. The maximum atomic E-state index is 9.56. The van der Waals surface area contributed by atoms with Crippen molar-refractivity contribution in [1.82, 2.24) is 0 Å². The van der Waals surface area contributed by atoms with Crippen LogP contribution < -0.4 is 66.3 Å². The maximum Gasteiger partial charge on any atom is 0.203 e. The lowest BCUT2D eigenvalue weighted by Gasteiger charge is -2.20. The van der Waals surface area contributed by atoms with Crippen LogP contribution in [0.5, 0.6) is 80.5 Å². The minimum atomic E-state index is -0.0259. The van der Waals surface area contributed by atoms with E-state index >= 15 is 0 Å². The number of aliphatic hydroxyl groups is 1. The lowest BCUT2D eigenvalue weighted by atomic mass is 10.1. The Bertz CT molecular complexity index is 4930. The fourth-order valence-electron chi connectivity index (χ4n) is 15.7. The smallest absolute Gasteiger partial charge is 0.203 e. The van der Waals surface area contributed by atoms with Crippen molar-refractivity contribution in [2.75, 3.05) is 19.8 Å².